The topological polar surface area (TPSA) is 118 Å². The molecule has 1 aliphatic heterocycles. The SMILES string of the molecule is CCC(C)c1ncnc(C(C)CC)c1-n1c(=O)nc(N2CCN(C(=O)OC(C)(C)C)C[C@@H]2C)c2cc(F)c(Cl)[n+](O)c21. The van der Waals surface area contributed by atoms with E-state index in [1.54, 1.807) is 25.7 Å². The van der Waals surface area contributed by atoms with Crippen LogP contribution in [0.4, 0.5) is 15.0 Å². The van der Waals surface area contributed by atoms with E-state index in [1.165, 1.54) is 17.0 Å². The number of halogens is 2. The van der Waals surface area contributed by atoms with Gasteiger partial charge < -0.3 is 19.7 Å². The van der Waals surface area contributed by atoms with Gasteiger partial charge in [-0.15, -0.1) is 4.57 Å². The number of fused-ring (bicyclic) bond motifs is 1. The van der Waals surface area contributed by atoms with Gasteiger partial charge in [0.05, 0.1) is 11.4 Å². The molecule has 1 saturated heterocycles. The Bertz CT molecular complexity index is 1530. The summed E-state index contributed by atoms with van der Waals surface area (Å²) in [6, 6.07) is 0.861. The smallest absolute Gasteiger partial charge is 0.442 e. The minimum Gasteiger partial charge on any atom is -0.444 e. The van der Waals surface area contributed by atoms with E-state index >= 15 is 4.39 Å². The van der Waals surface area contributed by atoms with Gasteiger partial charge in [-0.05, 0) is 62.9 Å². The first-order valence-corrected chi connectivity index (χ1v) is 14.7. The van der Waals surface area contributed by atoms with E-state index in [-0.39, 0.29) is 34.7 Å². The molecule has 228 valence electrons. The van der Waals surface area contributed by atoms with Crippen LogP contribution in [0.1, 0.15) is 91.5 Å². The van der Waals surface area contributed by atoms with E-state index < -0.39 is 28.4 Å². The molecule has 1 aliphatic rings. The lowest BCUT2D eigenvalue weighted by atomic mass is 9.96. The summed E-state index contributed by atoms with van der Waals surface area (Å²) < 4.78 is 22.4. The maximum absolute atomic E-state index is 15.1. The molecule has 1 amide bonds. The molecule has 0 saturated carbocycles. The maximum atomic E-state index is 15.1. The monoisotopic (exact) mass is 604 g/mol. The van der Waals surface area contributed by atoms with Crippen molar-refractivity contribution in [1.29, 1.82) is 0 Å². The molecule has 3 aromatic rings. The van der Waals surface area contributed by atoms with Crippen molar-refractivity contribution >= 4 is 34.5 Å². The Morgan fingerprint density at radius 1 is 1.19 bits per heavy atom. The van der Waals surface area contributed by atoms with Gasteiger partial charge in [0.2, 0.25) is 0 Å². The molecule has 42 heavy (non-hydrogen) atoms. The quantitative estimate of drug-likeness (QED) is 0.238. The zero-order valence-corrected chi connectivity index (χ0v) is 26.2. The molecule has 2 unspecified atom stereocenters. The van der Waals surface area contributed by atoms with E-state index in [9.17, 15) is 14.8 Å². The lowest BCUT2D eigenvalue weighted by Crippen LogP contribution is -2.55. The van der Waals surface area contributed by atoms with Crippen molar-refractivity contribution in [3.63, 3.8) is 0 Å². The van der Waals surface area contributed by atoms with E-state index in [0.717, 1.165) is 12.8 Å². The van der Waals surface area contributed by atoms with Crippen molar-refractivity contribution in [1.82, 2.24) is 24.4 Å². The summed E-state index contributed by atoms with van der Waals surface area (Å²) in [7, 11) is 0. The molecule has 11 nitrogen and oxygen atoms in total. The summed E-state index contributed by atoms with van der Waals surface area (Å²) in [5.74, 6) is -0.825. The number of amides is 1. The molecule has 3 atom stereocenters. The van der Waals surface area contributed by atoms with Crippen molar-refractivity contribution < 1.29 is 23.9 Å². The second-order valence-corrected chi connectivity index (χ2v) is 12.3. The summed E-state index contributed by atoms with van der Waals surface area (Å²) in [5.41, 5.74) is 0.231. The average Bonchev–Trinajstić information content (AvgIpc) is 2.94. The number of nitrogens with zero attached hydrogens (tertiary/aromatic N) is 7. The molecule has 3 aromatic heterocycles. The van der Waals surface area contributed by atoms with Gasteiger partial charge in [0.15, 0.2) is 17.3 Å². The van der Waals surface area contributed by atoms with Crippen molar-refractivity contribution in [2.24, 2.45) is 0 Å². The molecule has 4 rings (SSSR count). The van der Waals surface area contributed by atoms with Gasteiger partial charge in [0, 0.05) is 37.5 Å². The average molecular weight is 605 g/mol. The van der Waals surface area contributed by atoms with Crippen LogP contribution in [0.15, 0.2) is 17.2 Å². The number of rotatable bonds is 6. The highest BCUT2D eigenvalue weighted by atomic mass is 35.5. The van der Waals surface area contributed by atoms with Gasteiger partial charge in [-0.2, -0.15) is 4.98 Å². The number of carbonyl (C=O) groups is 1. The molecule has 13 heteroatoms. The first kappa shape index (κ1) is 31.4. The van der Waals surface area contributed by atoms with Crippen LogP contribution in [0, 0.1) is 5.82 Å². The van der Waals surface area contributed by atoms with Crippen LogP contribution in [0.5, 0.6) is 0 Å². The fourth-order valence-electron chi connectivity index (χ4n) is 5.16. The third kappa shape index (κ3) is 5.86. The molecule has 0 spiro atoms. The Hall–Kier alpha value is -3.54. The van der Waals surface area contributed by atoms with Crippen LogP contribution in [0.2, 0.25) is 5.15 Å². The van der Waals surface area contributed by atoms with Crippen LogP contribution in [-0.4, -0.2) is 67.0 Å². The number of anilines is 1. The maximum Gasteiger partial charge on any atom is 0.442 e. The molecule has 0 bridgehead atoms. The van der Waals surface area contributed by atoms with E-state index in [0.29, 0.717) is 41.4 Å². The first-order valence-electron chi connectivity index (χ1n) is 14.4. The fraction of sp³-hybridized carbons (Fsp3) is 0.586. The van der Waals surface area contributed by atoms with Gasteiger partial charge >= 0.3 is 17.4 Å². The van der Waals surface area contributed by atoms with Gasteiger partial charge in [-0.3, -0.25) is 0 Å². The number of carbonyl (C=O) groups excluding carboxylic acids is 1. The largest absolute Gasteiger partial charge is 0.444 e. The summed E-state index contributed by atoms with van der Waals surface area (Å²) >= 11 is 6.20. The van der Waals surface area contributed by atoms with Gasteiger partial charge in [-0.1, -0.05) is 27.7 Å². The number of aromatic nitrogens is 5. The van der Waals surface area contributed by atoms with Crippen LogP contribution < -0.4 is 15.3 Å². The van der Waals surface area contributed by atoms with Crippen molar-refractivity contribution in [2.45, 2.75) is 91.7 Å². The Balaban J connectivity index is 1.96. The Kier molecular flexibility index (Phi) is 8.96. The minimum absolute atomic E-state index is 0.0536. The van der Waals surface area contributed by atoms with Gasteiger partial charge in [-0.25, -0.2) is 23.9 Å². The number of piperazine rings is 1. The number of hydrogen-bond acceptors (Lipinski definition) is 8. The Morgan fingerprint density at radius 2 is 1.79 bits per heavy atom. The van der Waals surface area contributed by atoms with Crippen LogP contribution in [-0.2, 0) is 4.74 Å². The van der Waals surface area contributed by atoms with E-state index in [1.807, 2.05) is 39.5 Å². The van der Waals surface area contributed by atoms with Crippen molar-refractivity contribution in [3.05, 3.63) is 45.2 Å². The molecule has 1 N–H and O–H groups in total. The molecule has 0 aromatic carbocycles. The second-order valence-electron chi connectivity index (χ2n) is 12.0. The highest BCUT2D eigenvalue weighted by Gasteiger charge is 2.37. The molecule has 0 aliphatic carbocycles. The highest BCUT2D eigenvalue weighted by molar-refractivity contribution is 6.28. The number of hydrogen-bond donors (Lipinski definition) is 1. The third-order valence-electron chi connectivity index (χ3n) is 7.75. The third-order valence-corrected chi connectivity index (χ3v) is 8.09. The normalized spacial score (nSPS) is 17.4. The summed E-state index contributed by atoms with van der Waals surface area (Å²) in [6.45, 7) is 16.2. The first-order chi connectivity index (χ1) is 19.7. The number of ether oxygens (including phenoxy) is 1. The molecule has 0 radical (unpaired) electrons. The molecule has 4 heterocycles. The summed E-state index contributed by atoms with van der Waals surface area (Å²) in [5, 5.41) is 10.8. The standard InChI is InChI=1S/C29H40ClFN7O4/c1-9-16(3)21-23(22(17(4)10-2)33-15-32-21)37-26-19(13-20(31)24(30)38(26)41)25(34-27(37)39)36-12-11-35(14-18(36)5)28(40)42-29(6,7)8/h13,15-18,41H,9-12,14H2,1-8H3/q+1/t16?,17?,18-/m0/s1. The van der Waals surface area contributed by atoms with Crippen LogP contribution in [0.25, 0.3) is 16.7 Å². The lowest BCUT2D eigenvalue weighted by Gasteiger charge is -2.40. The second kappa shape index (κ2) is 12.0. The van der Waals surface area contributed by atoms with Gasteiger partial charge in [0.1, 0.15) is 17.3 Å². The Morgan fingerprint density at radius 3 is 2.31 bits per heavy atom. The summed E-state index contributed by atoms with van der Waals surface area (Å²) in [6.07, 6.45) is 2.51. The Labute approximate surface area is 249 Å². The van der Waals surface area contributed by atoms with Crippen LogP contribution >= 0.6 is 11.6 Å². The van der Waals surface area contributed by atoms with Gasteiger partial charge in [0.25, 0.3) is 5.15 Å². The molecule has 1 fully saturated rings. The predicted molar refractivity (Wildman–Crippen MR) is 157 cm³/mol. The van der Waals surface area contributed by atoms with E-state index in [4.69, 9.17) is 16.3 Å². The molecular formula is C29H40ClFN7O4+. The van der Waals surface area contributed by atoms with E-state index in [2.05, 4.69) is 15.0 Å². The van der Waals surface area contributed by atoms with Crippen LogP contribution in [0.3, 0.4) is 0 Å². The zero-order chi connectivity index (χ0) is 31.1. The lowest BCUT2D eigenvalue weighted by molar-refractivity contribution is -0.885. The zero-order valence-electron chi connectivity index (χ0n) is 25.5. The number of pyridine rings is 1. The highest BCUT2D eigenvalue weighted by Crippen LogP contribution is 2.34. The molecular weight excluding hydrogens is 565 g/mol. The van der Waals surface area contributed by atoms with Crippen molar-refractivity contribution in [3.8, 4) is 5.69 Å². The minimum atomic E-state index is -0.881. The van der Waals surface area contributed by atoms with Crippen molar-refractivity contribution in [2.75, 3.05) is 24.5 Å². The summed E-state index contributed by atoms with van der Waals surface area (Å²) in [4.78, 5) is 43.7. The fourth-order valence-corrected chi connectivity index (χ4v) is 5.29. The predicted octanol–water partition coefficient (Wildman–Crippen LogP) is 4.97.